The van der Waals surface area contributed by atoms with Crippen LogP contribution in [0.25, 0.3) is 0 Å². The summed E-state index contributed by atoms with van der Waals surface area (Å²) in [7, 11) is 0. The maximum atomic E-state index is 11.0. The third-order valence-electron chi connectivity index (χ3n) is 2.65. The smallest absolute Gasteiger partial charge is 0.545 e. The molecular weight excluding hydrogens is 265 g/mol. The van der Waals surface area contributed by atoms with Crippen LogP contribution in [-0.2, 0) is 14.3 Å². The Balaban J connectivity index is 0.00000324. The topological polar surface area (TPSA) is 119 Å². The van der Waals surface area contributed by atoms with E-state index >= 15 is 0 Å². The second-order valence-corrected chi connectivity index (χ2v) is 3.99. The van der Waals surface area contributed by atoms with Crippen molar-refractivity contribution in [3.63, 3.8) is 0 Å². The zero-order valence-corrected chi connectivity index (χ0v) is 13.1. The Bertz CT molecular complexity index is 372. The Morgan fingerprint density at radius 3 is 2.47 bits per heavy atom. The summed E-state index contributed by atoms with van der Waals surface area (Å²) in [6, 6.07) is -1.01. The number of carboxylic acid groups (broad SMARTS) is 1. The number of carbonyl (C=O) groups is 2. The van der Waals surface area contributed by atoms with Crippen LogP contribution < -0.4 is 40.0 Å². The van der Waals surface area contributed by atoms with Gasteiger partial charge in [-0.1, -0.05) is 0 Å². The molecule has 102 valence electrons. The van der Waals surface area contributed by atoms with Crippen molar-refractivity contribution in [2.75, 3.05) is 6.61 Å². The Kier molecular flexibility index (Phi) is 7.80. The Labute approximate surface area is 132 Å². The minimum Gasteiger partial charge on any atom is -0.545 e. The average molecular weight is 281 g/mol. The molecule has 7 nitrogen and oxygen atoms in total. The molecule has 0 aromatic carbocycles. The zero-order chi connectivity index (χ0) is 13.9. The molecule has 0 spiro atoms. The molecule has 3 N–H and O–H groups in total. The van der Waals surface area contributed by atoms with Crippen molar-refractivity contribution in [2.45, 2.75) is 38.2 Å². The summed E-state index contributed by atoms with van der Waals surface area (Å²) in [5.41, 5.74) is -0.321. The van der Waals surface area contributed by atoms with E-state index in [9.17, 15) is 24.9 Å². The number of carboxylic acids is 1. The number of amides is 1. The van der Waals surface area contributed by atoms with Crippen LogP contribution in [0.4, 0.5) is 0 Å². The number of hydrogen-bond acceptors (Lipinski definition) is 6. The van der Waals surface area contributed by atoms with Crippen LogP contribution in [0.3, 0.4) is 0 Å². The number of rotatable bonds is 4. The first kappa shape index (κ1) is 18.6. The van der Waals surface area contributed by atoms with Crippen LogP contribution in [0.15, 0.2) is 11.6 Å². The van der Waals surface area contributed by atoms with Gasteiger partial charge in [-0.05, 0) is 13.0 Å². The minimum absolute atomic E-state index is 0. The largest absolute Gasteiger partial charge is 1.00 e. The summed E-state index contributed by atoms with van der Waals surface area (Å²) < 4.78 is 5.13. The molecule has 0 aliphatic heterocycles. The van der Waals surface area contributed by atoms with E-state index in [0.29, 0.717) is 0 Å². The molecule has 0 aromatic heterocycles. The molecule has 1 unspecified atom stereocenters. The maximum Gasteiger partial charge on any atom is 1.00 e. The number of ether oxygens (including phenoxy) is 1. The van der Waals surface area contributed by atoms with E-state index in [4.69, 9.17) is 4.74 Å². The summed E-state index contributed by atoms with van der Waals surface area (Å²) in [6.07, 6.45) is -2.79. The van der Waals surface area contributed by atoms with Crippen molar-refractivity contribution in [1.82, 2.24) is 5.32 Å². The van der Waals surface area contributed by atoms with E-state index in [1.54, 1.807) is 6.92 Å². The summed E-state index contributed by atoms with van der Waals surface area (Å²) in [5, 5.41) is 32.9. The van der Waals surface area contributed by atoms with Crippen molar-refractivity contribution < 1.29 is 59.2 Å². The Hall–Kier alpha value is -0.440. The van der Waals surface area contributed by atoms with Gasteiger partial charge in [0.15, 0.2) is 0 Å². The fourth-order valence-corrected chi connectivity index (χ4v) is 1.91. The van der Waals surface area contributed by atoms with Gasteiger partial charge in [0.05, 0.1) is 18.1 Å². The molecule has 19 heavy (non-hydrogen) atoms. The van der Waals surface area contributed by atoms with Crippen molar-refractivity contribution >= 4 is 11.9 Å². The molecule has 0 saturated heterocycles. The SMILES string of the molecule is CCOC1C(C(=O)[O-])=C[C@@H](O)[C@@H](NC(C)=O)[C@@H]1O.[Na+]. The molecule has 0 radical (unpaired) electrons. The second-order valence-electron chi connectivity index (χ2n) is 3.99. The van der Waals surface area contributed by atoms with Gasteiger partial charge in [0, 0.05) is 19.1 Å². The molecule has 1 aliphatic carbocycles. The van der Waals surface area contributed by atoms with Gasteiger partial charge in [0.1, 0.15) is 12.2 Å². The monoisotopic (exact) mass is 281 g/mol. The van der Waals surface area contributed by atoms with Gasteiger partial charge in [-0.15, -0.1) is 0 Å². The molecule has 0 fully saturated rings. The molecule has 1 rings (SSSR count). The first-order chi connectivity index (χ1) is 8.38. The van der Waals surface area contributed by atoms with Crippen molar-refractivity contribution in [1.29, 1.82) is 0 Å². The molecule has 4 atom stereocenters. The molecule has 0 bridgehead atoms. The van der Waals surface area contributed by atoms with E-state index in [1.165, 1.54) is 6.92 Å². The van der Waals surface area contributed by atoms with Gasteiger partial charge in [-0.2, -0.15) is 0 Å². The molecular formula is C11H16NNaO6. The van der Waals surface area contributed by atoms with Crippen LogP contribution in [0, 0.1) is 0 Å². The molecule has 0 aromatic rings. The van der Waals surface area contributed by atoms with Crippen LogP contribution in [-0.4, -0.2) is 53.1 Å². The summed E-state index contributed by atoms with van der Waals surface area (Å²) in [4.78, 5) is 21.9. The van der Waals surface area contributed by atoms with Crippen molar-refractivity contribution in [3.8, 4) is 0 Å². The molecule has 0 heterocycles. The van der Waals surface area contributed by atoms with Crippen LogP contribution >= 0.6 is 0 Å². The van der Waals surface area contributed by atoms with Crippen LogP contribution in [0.1, 0.15) is 13.8 Å². The average Bonchev–Trinajstić information content (AvgIpc) is 2.27. The number of nitrogens with one attached hydrogen (secondary N) is 1. The summed E-state index contributed by atoms with van der Waals surface area (Å²) in [6.45, 7) is 3.04. The fraction of sp³-hybridized carbons (Fsp3) is 0.636. The predicted molar refractivity (Wildman–Crippen MR) is 58.1 cm³/mol. The van der Waals surface area contributed by atoms with E-state index in [0.717, 1.165) is 6.08 Å². The van der Waals surface area contributed by atoms with Gasteiger partial charge in [0.25, 0.3) is 0 Å². The van der Waals surface area contributed by atoms with E-state index < -0.39 is 36.2 Å². The molecule has 1 aliphatic rings. The first-order valence-electron chi connectivity index (χ1n) is 5.56. The third kappa shape index (κ3) is 4.55. The summed E-state index contributed by atoms with van der Waals surface area (Å²) in [5.74, 6) is -1.97. The van der Waals surface area contributed by atoms with Gasteiger partial charge >= 0.3 is 29.6 Å². The number of aliphatic hydroxyl groups is 2. The van der Waals surface area contributed by atoms with Gasteiger partial charge in [-0.25, -0.2) is 0 Å². The minimum atomic E-state index is -1.52. The summed E-state index contributed by atoms with van der Waals surface area (Å²) >= 11 is 0. The van der Waals surface area contributed by atoms with E-state index in [1.807, 2.05) is 0 Å². The van der Waals surface area contributed by atoms with E-state index in [-0.39, 0.29) is 41.7 Å². The second kappa shape index (κ2) is 7.98. The number of carbonyl (C=O) groups excluding carboxylic acids is 2. The normalized spacial score (nSPS) is 30.0. The first-order valence-corrected chi connectivity index (χ1v) is 5.56. The van der Waals surface area contributed by atoms with Crippen LogP contribution in [0.5, 0.6) is 0 Å². The van der Waals surface area contributed by atoms with Crippen molar-refractivity contribution in [3.05, 3.63) is 11.6 Å². The quantitative estimate of drug-likeness (QED) is 0.442. The number of hydrogen-bond donors (Lipinski definition) is 3. The Morgan fingerprint density at radius 2 is 2.05 bits per heavy atom. The Morgan fingerprint density at radius 1 is 1.47 bits per heavy atom. The third-order valence-corrected chi connectivity index (χ3v) is 2.65. The molecule has 0 saturated carbocycles. The van der Waals surface area contributed by atoms with Crippen LogP contribution in [0.2, 0.25) is 0 Å². The van der Waals surface area contributed by atoms with Crippen molar-refractivity contribution in [2.24, 2.45) is 0 Å². The van der Waals surface area contributed by atoms with Gasteiger partial charge in [0.2, 0.25) is 5.91 Å². The predicted octanol–water partition coefficient (Wildman–Crippen LogP) is -5.69. The number of aliphatic hydroxyl groups excluding tert-OH is 2. The van der Waals surface area contributed by atoms with Gasteiger partial charge < -0.3 is 30.2 Å². The fourth-order valence-electron chi connectivity index (χ4n) is 1.91. The number of aliphatic carboxylic acids is 1. The zero-order valence-electron chi connectivity index (χ0n) is 11.1. The van der Waals surface area contributed by atoms with Gasteiger partial charge in [-0.3, -0.25) is 4.79 Å². The molecule has 1 amide bonds. The van der Waals surface area contributed by atoms with E-state index in [2.05, 4.69) is 5.32 Å². The maximum absolute atomic E-state index is 11.0. The standard InChI is InChI=1S/C11H17NO6.Na/c1-3-18-10-6(11(16)17)4-7(14)8(9(10)15)12-5(2)13;/h4,7-10,14-15H,3H2,1-2H3,(H,12,13)(H,16,17);/q;+1/p-1/t7-,8-,9+,10?;/m1./s1. The molecule has 8 heteroatoms.